The summed E-state index contributed by atoms with van der Waals surface area (Å²) in [5.41, 5.74) is 10.5. The van der Waals surface area contributed by atoms with E-state index in [1.807, 2.05) is 30.3 Å². The quantitative estimate of drug-likeness (QED) is 0.177. The molecule has 0 N–H and O–H groups in total. The van der Waals surface area contributed by atoms with Crippen molar-refractivity contribution in [1.29, 1.82) is 0 Å². The normalized spacial score (nSPS) is 12.6. The molecule has 0 aliphatic carbocycles. The molecule has 0 saturated heterocycles. The van der Waals surface area contributed by atoms with Gasteiger partial charge in [0.1, 0.15) is 34.2 Å². The molecule has 0 amide bonds. The van der Waals surface area contributed by atoms with Gasteiger partial charge in [-0.2, -0.15) is 0 Å². The van der Waals surface area contributed by atoms with Gasteiger partial charge >= 0.3 is 0 Å². The Morgan fingerprint density at radius 1 is 0.412 bits per heavy atom. The molecule has 3 heterocycles. The Hall–Kier alpha value is -6.72. The van der Waals surface area contributed by atoms with Gasteiger partial charge in [0.15, 0.2) is 0 Å². The first-order valence-electron chi connectivity index (χ1n) is 17.3. The first kappa shape index (κ1) is 28.2. The molecule has 0 bridgehead atoms. The maximum absolute atomic E-state index is 6.87. The van der Waals surface area contributed by atoms with Crippen LogP contribution < -0.4 is 30.8 Å². The third-order valence-corrected chi connectivity index (χ3v) is 10.4. The van der Waals surface area contributed by atoms with Crippen molar-refractivity contribution in [3.8, 4) is 34.1 Å². The van der Waals surface area contributed by atoms with Gasteiger partial charge in [-0.3, -0.25) is 0 Å². The largest absolute Gasteiger partial charge is 0.458 e. The smallest absolute Gasteiger partial charge is 0.260 e. The van der Waals surface area contributed by atoms with Crippen molar-refractivity contribution >= 4 is 72.9 Å². The minimum Gasteiger partial charge on any atom is -0.458 e. The van der Waals surface area contributed by atoms with E-state index in [9.17, 15) is 0 Å². The predicted octanol–water partition coefficient (Wildman–Crippen LogP) is 10.6. The molecule has 0 radical (unpaired) electrons. The molecule has 0 spiro atoms. The van der Waals surface area contributed by atoms with Gasteiger partial charge in [-0.15, -0.1) is 0 Å². The zero-order chi connectivity index (χ0) is 33.5. The van der Waals surface area contributed by atoms with Crippen LogP contribution in [0.15, 0.2) is 174 Å². The molecule has 9 aromatic rings. The molecule has 5 heteroatoms. The highest BCUT2D eigenvalue weighted by atomic mass is 16.5. The van der Waals surface area contributed by atoms with E-state index in [2.05, 4.69) is 144 Å². The van der Waals surface area contributed by atoms with Crippen LogP contribution in [-0.2, 0) is 0 Å². The fourth-order valence-electron chi connectivity index (χ4n) is 8.11. The Morgan fingerprint density at radius 3 is 1.84 bits per heavy atom. The van der Waals surface area contributed by atoms with Crippen LogP contribution in [0.4, 0.5) is 17.1 Å². The van der Waals surface area contributed by atoms with Crippen molar-refractivity contribution in [2.75, 3.05) is 4.90 Å². The van der Waals surface area contributed by atoms with Gasteiger partial charge in [-0.05, 0) is 82.0 Å². The molecule has 0 unspecified atom stereocenters. The van der Waals surface area contributed by atoms with Crippen molar-refractivity contribution in [3.63, 3.8) is 0 Å². The van der Waals surface area contributed by atoms with E-state index >= 15 is 0 Å². The minimum absolute atomic E-state index is 0.0257. The Balaban J connectivity index is 1.13. The van der Waals surface area contributed by atoms with Gasteiger partial charge in [0.2, 0.25) is 0 Å². The van der Waals surface area contributed by atoms with E-state index in [4.69, 9.17) is 13.9 Å². The number of fused-ring (bicyclic) bond motifs is 9. The molecule has 238 valence electrons. The number of ether oxygens (including phenoxy) is 2. The summed E-state index contributed by atoms with van der Waals surface area (Å²) >= 11 is 0. The lowest BCUT2D eigenvalue weighted by Crippen LogP contribution is -2.57. The molecule has 0 atom stereocenters. The van der Waals surface area contributed by atoms with Crippen LogP contribution in [0.1, 0.15) is 0 Å². The maximum Gasteiger partial charge on any atom is 0.260 e. The number of anilines is 3. The number of nitrogens with zero attached hydrogens (tertiary/aromatic N) is 1. The van der Waals surface area contributed by atoms with E-state index in [0.29, 0.717) is 0 Å². The van der Waals surface area contributed by atoms with Crippen LogP contribution in [0.25, 0.3) is 43.8 Å². The highest BCUT2D eigenvalue weighted by Crippen LogP contribution is 2.46. The summed E-state index contributed by atoms with van der Waals surface area (Å²) < 4.78 is 19.9. The van der Waals surface area contributed by atoms with Crippen LogP contribution in [0.5, 0.6) is 23.0 Å². The molecule has 8 aromatic carbocycles. The third-order valence-electron chi connectivity index (χ3n) is 10.4. The van der Waals surface area contributed by atoms with Crippen molar-refractivity contribution in [2.45, 2.75) is 0 Å². The van der Waals surface area contributed by atoms with Gasteiger partial charge in [-0.25, -0.2) is 0 Å². The second kappa shape index (κ2) is 10.9. The molecule has 11 rings (SSSR count). The Labute approximate surface area is 294 Å². The van der Waals surface area contributed by atoms with Crippen molar-refractivity contribution in [2.24, 2.45) is 0 Å². The number of furan rings is 1. The van der Waals surface area contributed by atoms with E-state index in [-0.39, 0.29) is 6.71 Å². The average molecular weight is 654 g/mol. The highest BCUT2D eigenvalue weighted by Gasteiger charge is 2.40. The van der Waals surface area contributed by atoms with E-state index in [0.717, 1.165) is 89.2 Å². The van der Waals surface area contributed by atoms with Crippen LogP contribution >= 0.6 is 0 Å². The average Bonchev–Trinajstić information content (AvgIpc) is 3.55. The van der Waals surface area contributed by atoms with E-state index in [1.165, 1.54) is 11.1 Å². The third kappa shape index (κ3) is 4.28. The first-order chi connectivity index (χ1) is 25.3. The molecule has 1 aromatic heterocycles. The second-order valence-electron chi connectivity index (χ2n) is 13.2. The molecule has 0 saturated carbocycles. The summed E-state index contributed by atoms with van der Waals surface area (Å²) in [6.07, 6.45) is 0. The predicted molar refractivity (Wildman–Crippen MR) is 209 cm³/mol. The Bertz CT molecular complexity index is 2810. The number of para-hydroxylation sites is 2. The van der Waals surface area contributed by atoms with Gasteiger partial charge < -0.3 is 18.8 Å². The monoisotopic (exact) mass is 653 g/mol. The Kier molecular flexibility index (Phi) is 6.01. The van der Waals surface area contributed by atoms with Crippen LogP contribution in [0, 0.1) is 0 Å². The zero-order valence-electron chi connectivity index (χ0n) is 27.4. The minimum atomic E-state index is -0.0257. The van der Waals surface area contributed by atoms with E-state index < -0.39 is 0 Å². The van der Waals surface area contributed by atoms with Crippen LogP contribution in [-0.4, -0.2) is 6.71 Å². The number of hydrogen-bond acceptors (Lipinski definition) is 4. The standard InChI is InChI=1S/C46H28BNO3/c1-3-12-29(13-4-1)30-22-24-32(25-23-30)48(31-14-5-2-6-15-31)38-28-44-45(34-17-8-7-16-33(34)38)35-26-43-37(27-42(35)51-44)47-36-18-9-10-19-39(36)49-40-20-11-21-41(50-43)46(40)47/h1-28H. The van der Waals surface area contributed by atoms with Crippen molar-refractivity contribution in [3.05, 3.63) is 170 Å². The van der Waals surface area contributed by atoms with E-state index in [1.54, 1.807) is 0 Å². The summed E-state index contributed by atoms with van der Waals surface area (Å²) in [7, 11) is 0. The lowest BCUT2D eigenvalue weighted by molar-refractivity contribution is 0.465. The maximum atomic E-state index is 6.87. The molecule has 0 fully saturated rings. The van der Waals surface area contributed by atoms with Gasteiger partial charge in [0.05, 0.1) is 5.69 Å². The number of rotatable bonds is 4. The van der Waals surface area contributed by atoms with Gasteiger partial charge in [0.25, 0.3) is 6.71 Å². The molecule has 2 aliphatic rings. The summed E-state index contributed by atoms with van der Waals surface area (Å²) in [4.78, 5) is 2.33. The molecule has 2 aliphatic heterocycles. The number of hydrogen-bond donors (Lipinski definition) is 0. The molecular formula is C46H28BNO3. The molecular weight excluding hydrogens is 625 g/mol. The fourth-order valence-corrected chi connectivity index (χ4v) is 8.11. The van der Waals surface area contributed by atoms with Crippen molar-refractivity contribution < 1.29 is 13.9 Å². The van der Waals surface area contributed by atoms with Gasteiger partial charge in [0, 0.05) is 39.1 Å². The summed E-state index contributed by atoms with van der Waals surface area (Å²) in [6, 6.07) is 59.4. The lowest BCUT2D eigenvalue weighted by Gasteiger charge is -2.32. The molecule has 51 heavy (non-hydrogen) atoms. The highest BCUT2D eigenvalue weighted by molar-refractivity contribution is 6.98. The van der Waals surface area contributed by atoms with Crippen LogP contribution in [0.2, 0.25) is 0 Å². The Morgan fingerprint density at radius 2 is 1.04 bits per heavy atom. The summed E-state index contributed by atoms with van der Waals surface area (Å²) in [5, 5.41) is 4.37. The fraction of sp³-hybridized carbons (Fsp3) is 0. The van der Waals surface area contributed by atoms with Gasteiger partial charge in [-0.1, -0.05) is 109 Å². The summed E-state index contributed by atoms with van der Waals surface area (Å²) in [5.74, 6) is 3.38. The first-order valence-corrected chi connectivity index (χ1v) is 17.3. The second-order valence-corrected chi connectivity index (χ2v) is 13.2. The number of benzene rings is 8. The topological polar surface area (TPSA) is 34.8 Å². The summed E-state index contributed by atoms with van der Waals surface area (Å²) in [6.45, 7) is -0.0257. The SMILES string of the molecule is c1ccc(-c2ccc(N(c3ccccc3)c3cc4oc5cc6c(cc5c4c4ccccc34)Oc3cccc4c3B6c3ccccc3O4)cc2)cc1. The molecule has 4 nitrogen and oxygen atoms in total. The van der Waals surface area contributed by atoms with Crippen LogP contribution in [0.3, 0.4) is 0 Å². The van der Waals surface area contributed by atoms with Crippen molar-refractivity contribution in [1.82, 2.24) is 0 Å². The zero-order valence-corrected chi connectivity index (χ0v) is 27.4. The lowest BCUT2D eigenvalue weighted by atomic mass is 9.35.